The molecule has 3 nitrogen and oxygen atoms in total. The third-order valence-corrected chi connectivity index (χ3v) is 4.31. The summed E-state index contributed by atoms with van der Waals surface area (Å²) in [6.07, 6.45) is 3.80. The van der Waals surface area contributed by atoms with Gasteiger partial charge in [-0.1, -0.05) is 25.0 Å². The summed E-state index contributed by atoms with van der Waals surface area (Å²) in [5.41, 5.74) is 1.02. The molecule has 18 heavy (non-hydrogen) atoms. The molecule has 1 aromatic rings. The van der Waals surface area contributed by atoms with Crippen molar-refractivity contribution in [2.24, 2.45) is 0 Å². The van der Waals surface area contributed by atoms with Gasteiger partial charge in [-0.2, -0.15) is 0 Å². The number of imide groups is 1. The Morgan fingerprint density at radius 2 is 1.56 bits per heavy atom. The third kappa shape index (κ3) is 1.65. The zero-order chi connectivity index (χ0) is 12.7. The number of rotatable bonds is 1. The largest absolute Gasteiger partial charge is 0.270 e. The maximum absolute atomic E-state index is 12.3. The van der Waals surface area contributed by atoms with E-state index in [-0.39, 0.29) is 23.2 Å². The number of nitrogens with zero attached hydrogens (tertiary/aromatic N) is 1. The first-order chi connectivity index (χ1) is 8.70. The molecule has 94 valence electrons. The Balaban J connectivity index is 1.96. The number of carbonyl (C=O) groups is 2. The first kappa shape index (κ1) is 11.7. The molecule has 0 spiro atoms. The highest BCUT2D eigenvalue weighted by Gasteiger charge is 2.42. The normalized spacial score (nSPS) is 27.5. The Morgan fingerprint density at radius 1 is 1.00 bits per heavy atom. The van der Waals surface area contributed by atoms with Crippen LogP contribution in [-0.4, -0.2) is 28.1 Å². The van der Waals surface area contributed by atoms with Gasteiger partial charge < -0.3 is 0 Å². The van der Waals surface area contributed by atoms with Crippen LogP contribution in [0.1, 0.15) is 46.4 Å². The molecule has 1 heterocycles. The summed E-state index contributed by atoms with van der Waals surface area (Å²) >= 11 is 6.29. The predicted molar refractivity (Wildman–Crippen MR) is 68.8 cm³/mol. The van der Waals surface area contributed by atoms with Crippen LogP contribution < -0.4 is 0 Å². The summed E-state index contributed by atoms with van der Waals surface area (Å²) in [5.74, 6) is -0.374. The highest BCUT2D eigenvalue weighted by Crippen LogP contribution is 2.33. The summed E-state index contributed by atoms with van der Waals surface area (Å²) in [5, 5.41) is -0.110. The van der Waals surface area contributed by atoms with Crippen LogP contribution in [0.2, 0.25) is 0 Å². The van der Waals surface area contributed by atoms with Crippen molar-refractivity contribution in [3.8, 4) is 0 Å². The fourth-order valence-corrected chi connectivity index (χ4v) is 3.26. The van der Waals surface area contributed by atoms with E-state index in [0.29, 0.717) is 11.1 Å². The van der Waals surface area contributed by atoms with Gasteiger partial charge in [0.2, 0.25) is 0 Å². The molecular formula is C14H14ClNO2. The predicted octanol–water partition coefficient (Wildman–Crippen LogP) is 2.83. The summed E-state index contributed by atoms with van der Waals surface area (Å²) in [4.78, 5) is 26.0. The van der Waals surface area contributed by atoms with Gasteiger partial charge in [0.05, 0.1) is 22.5 Å². The fourth-order valence-electron chi connectivity index (χ4n) is 2.87. The van der Waals surface area contributed by atoms with Gasteiger partial charge in [0.25, 0.3) is 11.8 Å². The van der Waals surface area contributed by atoms with Crippen LogP contribution in [0.4, 0.5) is 0 Å². The second kappa shape index (κ2) is 4.39. The van der Waals surface area contributed by atoms with Gasteiger partial charge in [-0.3, -0.25) is 14.5 Å². The maximum Gasteiger partial charge on any atom is 0.261 e. The van der Waals surface area contributed by atoms with E-state index in [2.05, 4.69) is 0 Å². The molecule has 2 amide bonds. The van der Waals surface area contributed by atoms with Gasteiger partial charge in [0, 0.05) is 0 Å². The van der Waals surface area contributed by atoms with Gasteiger partial charge in [0.15, 0.2) is 0 Å². The minimum Gasteiger partial charge on any atom is -0.270 e. The number of amides is 2. The van der Waals surface area contributed by atoms with Crippen LogP contribution in [0.5, 0.6) is 0 Å². The fraction of sp³-hybridized carbons (Fsp3) is 0.429. The van der Waals surface area contributed by atoms with E-state index in [4.69, 9.17) is 11.6 Å². The third-order valence-electron chi connectivity index (χ3n) is 3.80. The topological polar surface area (TPSA) is 37.4 Å². The lowest BCUT2D eigenvalue weighted by atomic mass is 9.93. The standard InChI is InChI=1S/C14H14ClNO2/c15-11-7-3-4-8-12(11)16-13(17)9-5-1-2-6-10(9)14(16)18/h1-2,5-6,11-12H,3-4,7-8H2. The molecule has 2 atom stereocenters. The zero-order valence-electron chi connectivity index (χ0n) is 9.93. The summed E-state index contributed by atoms with van der Waals surface area (Å²) in [6, 6.07) is 6.84. The number of hydrogen-bond acceptors (Lipinski definition) is 2. The summed E-state index contributed by atoms with van der Waals surface area (Å²) < 4.78 is 0. The van der Waals surface area contributed by atoms with Crippen LogP contribution in [0.3, 0.4) is 0 Å². The number of carbonyl (C=O) groups excluding carboxylic acids is 2. The van der Waals surface area contributed by atoms with Crippen molar-refractivity contribution in [3.05, 3.63) is 35.4 Å². The lowest BCUT2D eigenvalue weighted by Gasteiger charge is -2.33. The second-order valence-electron chi connectivity index (χ2n) is 4.89. The van der Waals surface area contributed by atoms with E-state index in [1.807, 2.05) is 0 Å². The number of hydrogen-bond donors (Lipinski definition) is 0. The van der Waals surface area contributed by atoms with Crippen LogP contribution in [0, 0.1) is 0 Å². The lowest BCUT2D eigenvalue weighted by molar-refractivity contribution is 0.0553. The van der Waals surface area contributed by atoms with Crippen LogP contribution in [0.15, 0.2) is 24.3 Å². The van der Waals surface area contributed by atoms with Gasteiger partial charge in [0.1, 0.15) is 0 Å². The average molecular weight is 264 g/mol. The van der Waals surface area contributed by atoms with Gasteiger partial charge in [-0.15, -0.1) is 11.6 Å². The van der Waals surface area contributed by atoms with E-state index in [1.54, 1.807) is 24.3 Å². The monoisotopic (exact) mass is 263 g/mol. The summed E-state index contributed by atoms with van der Waals surface area (Å²) in [6.45, 7) is 0. The molecule has 2 aliphatic rings. The highest BCUT2D eigenvalue weighted by molar-refractivity contribution is 6.24. The average Bonchev–Trinajstić information content (AvgIpc) is 2.64. The molecule has 1 aliphatic heterocycles. The minimum atomic E-state index is -0.187. The molecule has 1 fully saturated rings. The van der Waals surface area contributed by atoms with Crippen molar-refractivity contribution in [1.82, 2.24) is 4.90 Å². The lowest BCUT2D eigenvalue weighted by Crippen LogP contribution is -2.46. The van der Waals surface area contributed by atoms with E-state index >= 15 is 0 Å². The zero-order valence-corrected chi connectivity index (χ0v) is 10.7. The summed E-state index contributed by atoms with van der Waals surface area (Å²) in [7, 11) is 0. The molecule has 4 heteroatoms. The Labute approximate surface area is 111 Å². The second-order valence-corrected chi connectivity index (χ2v) is 5.45. The first-order valence-electron chi connectivity index (χ1n) is 6.31. The van der Waals surface area contributed by atoms with Crippen molar-refractivity contribution in [2.75, 3.05) is 0 Å². The van der Waals surface area contributed by atoms with Crippen molar-refractivity contribution < 1.29 is 9.59 Å². The molecule has 0 aromatic heterocycles. The van der Waals surface area contributed by atoms with Crippen LogP contribution in [-0.2, 0) is 0 Å². The molecule has 1 aromatic carbocycles. The van der Waals surface area contributed by atoms with Crippen LogP contribution >= 0.6 is 11.6 Å². The first-order valence-corrected chi connectivity index (χ1v) is 6.75. The number of alkyl halides is 1. The molecule has 3 rings (SSSR count). The molecule has 1 saturated carbocycles. The molecule has 0 N–H and O–H groups in total. The SMILES string of the molecule is O=C1c2ccccc2C(=O)N1C1CCCCC1Cl. The highest BCUT2D eigenvalue weighted by atomic mass is 35.5. The number of fused-ring (bicyclic) bond motifs is 1. The minimum absolute atomic E-state index is 0.110. The van der Waals surface area contributed by atoms with Gasteiger partial charge in [-0.25, -0.2) is 0 Å². The number of halogens is 1. The van der Waals surface area contributed by atoms with Crippen molar-refractivity contribution in [3.63, 3.8) is 0 Å². The molecule has 0 bridgehead atoms. The Morgan fingerprint density at radius 3 is 2.11 bits per heavy atom. The Kier molecular flexibility index (Phi) is 2.86. The van der Waals surface area contributed by atoms with Crippen molar-refractivity contribution in [2.45, 2.75) is 37.1 Å². The van der Waals surface area contributed by atoms with Gasteiger partial charge >= 0.3 is 0 Å². The Hall–Kier alpha value is -1.35. The molecule has 0 radical (unpaired) electrons. The van der Waals surface area contributed by atoms with Crippen molar-refractivity contribution in [1.29, 1.82) is 0 Å². The van der Waals surface area contributed by atoms with E-state index in [9.17, 15) is 9.59 Å². The molecule has 1 aliphatic carbocycles. The smallest absolute Gasteiger partial charge is 0.261 e. The van der Waals surface area contributed by atoms with E-state index in [0.717, 1.165) is 25.7 Å². The Bertz CT molecular complexity index is 479. The molecule has 2 unspecified atom stereocenters. The molecular weight excluding hydrogens is 250 g/mol. The van der Waals surface area contributed by atoms with Crippen molar-refractivity contribution >= 4 is 23.4 Å². The number of benzene rings is 1. The van der Waals surface area contributed by atoms with Crippen LogP contribution in [0.25, 0.3) is 0 Å². The van der Waals surface area contributed by atoms with E-state index in [1.165, 1.54) is 4.90 Å². The maximum atomic E-state index is 12.3. The van der Waals surface area contributed by atoms with E-state index < -0.39 is 0 Å². The molecule has 0 saturated heterocycles. The van der Waals surface area contributed by atoms with Gasteiger partial charge in [-0.05, 0) is 25.0 Å². The quantitative estimate of drug-likeness (QED) is 0.577.